The van der Waals surface area contributed by atoms with Crippen molar-refractivity contribution in [1.82, 2.24) is 15.1 Å². The van der Waals surface area contributed by atoms with E-state index >= 15 is 0 Å². The Labute approximate surface area is 202 Å². The summed E-state index contributed by atoms with van der Waals surface area (Å²) in [6.45, 7) is 5.99. The van der Waals surface area contributed by atoms with E-state index in [1.165, 1.54) is 6.33 Å². The van der Waals surface area contributed by atoms with Gasteiger partial charge in [-0.3, -0.25) is 10.7 Å². The van der Waals surface area contributed by atoms with Gasteiger partial charge >= 0.3 is 6.03 Å². The van der Waals surface area contributed by atoms with E-state index in [9.17, 15) is 4.79 Å². The molecule has 0 radical (unpaired) electrons. The molecule has 2 heterocycles. The summed E-state index contributed by atoms with van der Waals surface area (Å²) in [6, 6.07) is 17.5. The van der Waals surface area contributed by atoms with E-state index in [4.69, 9.17) is 15.7 Å². The van der Waals surface area contributed by atoms with Gasteiger partial charge in [0.25, 0.3) is 0 Å². The summed E-state index contributed by atoms with van der Waals surface area (Å²) in [6.07, 6.45) is 1.34. The van der Waals surface area contributed by atoms with Crippen molar-refractivity contribution in [3.8, 4) is 0 Å². The van der Waals surface area contributed by atoms with E-state index in [0.717, 1.165) is 0 Å². The zero-order valence-electron chi connectivity index (χ0n) is 19.6. The van der Waals surface area contributed by atoms with E-state index < -0.39 is 6.03 Å². The first kappa shape index (κ1) is 23.4. The molecule has 0 aliphatic rings. The van der Waals surface area contributed by atoms with Crippen LogP contribution in [0.5, 0.6) is 0 Å². The molecule has 178 valence electrons. The number of urea groups is 1. The molecule has 10 heteroatoms. The molecule has 35 heavy (non-hydrogen) atoms. The number of rotatable bonds is 6. The minimum absolute atomic E-state index is 0.203. The third kappa shape index (κ3) is 5.61. The molecule has 4 aromatic rings. The monoisotopic (exact) mass is 470 g/mol. The van der Waals surface area contributed by atoms with Crippen molar-refractivity contribution >= 4 is 40.6 Å². The molecule has 2 aromatic heterocycles. The molecule has 2 amide bonds. The predicted molar refractivity (Wildman–Crippen MR) is 136 cm³/mol. The fourth-order valence-electron chi connectivity index (χ4n) is 3.23. The van der Waals surface area contributed by atoms with E-state index in [2.05, 4.69) is 31.1 Å². The lowest BCUT2D eigenvalue weighted by atomic mass is 9.93. The lowest BCUT2D eigenvalue weighted by Crippen LogP contribution is -2.19. The zero-order valence-corrected chi connectivity index (χ0v) is 19.6. The molecule has 0 fully saturated rings. The molecule has 0 saturated carbocycles. The van der Waals surface area contributed by atoms with Gasteiger partial charge in [0.1, 0.15) is 23.7 Å². The molecule has 2 aromatic carbocycles. The number of amides is 2. The van der Waals surface area contributed by atoms with Crippen molar-refractivity contribution in [2.45, 2.75) is 26.2 Å². The summed E-state index contributed by atoms with van der Waals surface area (Å²) in [7, 11) is 0. The fraction of sp³-hybridized carbons (Fsp3) is 0.160. The van der Waals surface area contributed by atoms with Gasteiger partial charge in [-0.05, 0) is 24.3 Å². The van der Waals surface area contributed by atoms with Gasteiger partial charge in [0.05, 0.1) is 11.3 Å². The third-order valence-corrected chi connectivity index (χ3v) is 5.09. The van der Waals surface area contributed by atoms with Crippen molar-refractivity contribution in [3.63, 3.8) is 0 Å². The summed E-state index contributed by atoms with van der Waals surface area (Å²) in [5, 5.41) is 21.1. The Hall–Kier alpha value is -4.73. The Morgan fingerprint density at radius 3 is 2.31 bits per heavy atom. The summed E-state index contributed by atoms with van der Waals surface area (Å²) >= 11 is 0. The molecule has 0 aliphatic heterocycles. The molecule has 0 unspecified atom stereocenters. The summed E-state index contributed by atoms with van der Waals surface area (Å²) in [5.41, 5.74) is 8.46. The Bertz CT molecular complexity index is 1340. The van der Waals surface area contributed by atoms with Crippen LogP contribution in [-0.2, 0) is 5.41 Å². The van der Waals surface area contributed by atoms with Crippen LogP contribution < -0.4 is 21.7 Å². The van der Waals surface area contributed by atoms with Crippen molar-refractivity contribution in [2.75, 3.05) is 21.7 Å². The molecule has 0 spiro atoms. The predicted octanol–water partition coefficient (Wildman–Crippen LogP) is 5.15. The quantitative estimate of drug-likeness (QED) is 0.244. The Kier molecular flexibility index (Phi) is 6.45. The smallest absolute Gasteiger partial charge is 0.324 e. The number of hydrogen-bond acceptors (Lipinski definition) is 8. The molecule has 0 saturated heterocycles. The minimum atomic E-state index is -0.443. The van der Waals surface area contributed by atoms with Gasteiger partial charge in [0.15, 0.2) is 5.82 Å². The summed E-state index contributed by atoms with van der Waals surface area (Å²) < 4.78 is 5.28. The topological polar surface area (TPSA) is 155 Å². The highest BCUT2D eigenvalue weighted by Gasteiger charge is 2.20. The van der Waals surface area contributed by atoms with Crippen LogP contribution in [0.2, 0.25) is 0 Å². The van der Waals surface area contributed by atoms with Gasteiger partial charge in [-0.2, -0.15) is 0 Å². The van der Waals surface area contributed by atoms with Gasteiger partial charge in [0.2, 0.25) is 0 Å². The van der Waals surface area contributed by atoms with Crippen molar-refractivity contribution < 1.29 is 9.32 Å². The summed E-state index contributed by atoms with van der Waals surface area (Å²) in [4.78, 5) is 20.7. The Morgan fingerprint density at radius 1 is 0.971 bits per heavy atom. The Balaban J connectivity index is 1.44. The number of nitrogens with one attached hydrogen (secondary N) is 4. The second-order valence-corrected chi connectivity index (χ2v) is 8.83. The van der Waals surface area contributed by atoms with Crippen molar-refractivity contribution in [1.29, 1.82) is 5.41 Å². The molecular weight excluding hydrogens is 444 g/mol. The molecule has 0 atom stereocenters. The number of nitrogens with two attached hydrogens (primary N) is 1. The number of hydrogen-bond donors (Lipinski definition) is 5. The molecular formula is C25H26N8O2. The van der Waals surface area contributed by atoms with Crippen LogP contribution in [0.25, 0.3) is 0 Å². The lowest BCUT2D eigenvalue weighted by molar-refractivity contribution is 0.262. The van der Waals surface area contributed by atoms with Crippen LogP contribution in [0, 0.1) is 5.41 Å². The first-order valence-corrected chi connectivity index (χ1v) is 10.9. The number of anilines is 5. The molecule has 0 bridgehead atoms. The van der Waals surface area contributed by atoms with Gasteiger partial charge in [-0.25, -0.2) is 14.8 Å². The number of carbonyl (C=O) groups is 1. The third-order valence-electron chi connectivity index (χ3n) is 5.09. The maximum atomic E-state index is 12.3. The second kappa shape index (κ2) is 9.64. The number of nitrogens with zero attached hydrogens (tertiary/aromatic N) is 3. The Morgan fingerprint density at radius 2 is 1.66 bits per heavy atom. The first-order valence-electron chi connectivity index (χ1n) is 10.9. The maximum Gasteiger partial charge on any atom is 0.324 e. The normalized spacial score (nSPS) is 11.1. The van der Waals surface area contributed by atoms with Crippen LogP contribution in [0.1, 0.15) is 37.7 Å². The van der Waals surface area contributed by atoms with E-state index in [1.807, 2.05) is 51.1 Å². The SMILES string of the molecule is CC(C)(C)c1cc(NC(=O)Nc2ccc(Nc3ncnc(N)c3C(=N)c3ccccc3)cc2)no1. The number of benzene rings is 2. The average molecular weight is 471 g/mol. The van der Waals surface area contributed by atoms with E-state index in [1.54, 1.807) is 30.3 Å². The maximum absolute atomic E-state index is 12.3. The highest BCUT2D eigenvalue weighted by Crippen LogP contribution is 2.26. The number of carbonyl (C=O) groups excluding carboxylic acids is 1. The van der Waals surface area contributed by atoms with Gasteiger partial charge in [0, 0.05) is 28.4 Å². The number of nitrogen functional groups attached to an aromatic ring is 1. The van der Waals surface area contributed by atoms with E-state index in [0.29, 0.717) is 39.9 Å². The standard InChI is InChI=1S/C25H26N8O2/c1-25(2,3)18-13-19(33-35-18)32-24(34)31-17-11-9-16(10-12-17)30-23-20(22(27)28-14-29-23)21(26)15-7-5-4-6-8-15/h4-14,26H,1-3H3,(H3,27,28,29,30)(H2,31,32,33,34). The highest BCUT2D eigenvalue weighted by atomic mass is 16.5. The van der Waals surface area contributed by atoms with Gasteiger partial charge < -0.3 is 20.9 Å². The van der Waals surface area contributed by atoms with Crippen molar-refractivity contribution in [2.24, 2.45) is 0 Å². The second-order valence-electron chi connectivity index (χ2n) is 8.83. The van der Waals surface area contributed by atoms with Crippen molar-refractivity contribution in [3.05, 3.63) is 83.9 Å². The number of aromatic nitrogens is 3. The van der Waals surface area contributed by atoms with Gasteiger partial charge in [-0.1, -0.05) is 56.3 Å². The molecule has 6 N–H and O–H groups in total. The highest BCUT2D eigenvalue weighted by molar-refractivity contribution is 6.16. The van der Waals surface area contributed by atoms with Crippen LogP contribution in [0.4, 0.5) is 33.6 Å². The largest absolute Gasteiger partial charge is 0.383 e. The molecule has 0 aliphatic carbocycles. The minimum Gasteiger partial charge on any atom is -0.383 e. The van der Waals surface area contributed by atoms with Crippen LogP contribution in [-0.4, -0.2) is 26.9 Å². The van der Waals surface area contributed by atoms with E-state index in [-0.39, 0.29) is 16.9 Å². The fourth-order valence-corrected chi connectivity index (χ4v) is 3.23. The van der Waals surface area contributed by atoms with Crippen LogP contribution in [0.15, 0.2) is 71.5 Å². The first-order chi connectivity index (χ1) is 16.7. The van der Waals surface area contributed by atoms with Crippen LogP contribution in [0.3, 0.4) is 0 Å². The zero-order chi connectivity index (χ0) is 25.0. The van der Waals surface area contributed by atoms with Gasteiger partial charge in [-0.15, -0.1) is 0 Å². The lowest BCUT2D eigenvalue weighted by Gasteiger charge is -2.14. The molecule has 10 nitrogen and oxygen atoms in total. The average Bonchev–Trinajstić information content (AvgIpc) is 3.30. The summed E-state index contributed by atoms with van der Waals surface area (Å²) in [5.74, 6) is 1.62. The van der Waals surface area contributed by atoms with Crippen LogP contribution >= 0.6 is 0 Å². The molecule has 4 rings (SSSR count).